The Bertz CT molecular complexity index is 1150. The molecule has 8 heteroatoms. The van der Waals surface area contributed by atoms with Crippen LogP contribution >= 0.6 is 11.6 Å². The van der Waals surface area contributed by atoms with Crippen LogP contribution in [0.1, 0.15) is 27.3 Å². The van der Waals surface area contributed by atoms with Crippen LogP contribution in [0.15, 0.2) is 61.2 Å². The average molecular weight is 407 g/mol. The molecule has 0 spiro atoms. The van der Waals surface area contributed by atoms with Crippen LogP contribution in [-0.2, 0) is 6.54 Å². The third kappa shape index (κ3) is 4.20. The van der Waals surface area contributed by atoms with E-state index in [1.54, 1.807) is 41.3 Å². The van der Waals surface area contributed by atoms with Crippen molar-refractivity contribution in [2.45, 2.75) is 20.4 Å². The summed E-state index contributed by atoms with van der Waals surface area (Å²) in [7, 11) is 0. The molecule has 29 heavy (non-hydrogen) atoms. The maximum Gasteiger partial charge on any atom is 0.255 e. The number of carbonyl (C=O) groups is 1. The summed E-state index contributed by atoms with van der Waals surface area (Å²) in [5.74, 6) is -0.230. The first-order valence-corrected chi connectivity index (χ1v) is 9.43. The number of hydrogen-bond donors (Lipinski definition) is 1. The van der Waals surface area contributed by atoms with Crippen molar-refractivity contribution in [3.05, 3.63) is 88.7 Å². The zero-order chi connectivity index (χ0) is 20.4. The molecule has 1 amide bonds. The molecular weight excluding hydrogens is 388 g/mol. The number of aryl methyl sites for hydroxylation is 2. The lowest BCUT2D eigenvalue weighted by Crippen LogP contribution is -2.14. The zero-order valence-electron chi connectivity index (χ0n) is 16.0. The molecule has 0 unspecified atom stereocenters. The molecule has 0 fully saturated rings. The van der Waals surface area contributed by atoms with Gasteiger partial charge in [0.1, 0.15) is 12.7 Å². The van der Waals surface area contributed by atoms with E-state index in [9.17, 15) is 4.79 Å². The maximum atomic E-state index is 12.8. The molecule has 0 saturated heterocycles. The average Bonchev–Trinajstić information content (AvgIpc) is 3.32. The van der Waals surface area contributed by atoms with Crippen LogP contribution in [0.3, 0.4) is 0 Å². The molecule has 146 valence electrons. The van der Waals surface area contributed by atoms with Crippen LogP contribution in [-0.4, -0.2) is 30.5 Å². The highest BCUT2D eigenvalue weighted by Gasteiger charge is 2.12. The number of halogens is 1. The minimum atomic E-state index is -0.230. The van der Waals surface area contributed by atoms with Crippen molar-refractivity contribution in [1.29, 1.82) is 0 Å². The van der Waals surface area contributed by atoms with Crippen LogP contribution in [0.4, 0.5) is 5.69 Å². The van der Waals surface area contributed by atoms with Gasteiger partial charge in [-0.05, 0) is 55.8 Å². The summed E-state index contributed by atoms with van der Waals surface area (Å²) in [5, 5.41) is 12.0. The van der Waals surface area contributed by atoms with E-state index in [4.69, 9.17) is 11.6 Å². The van der Waals surface area contributed by atoms with Crippen LogP contribution in [0.25, 0.3) is 5.69 Å². The van der Waals surface area contributed by atoms with E-state index < -0.39 is 0 Å². The lowest BCUT2D eigenvalue weighted by Gasteiger charge is -2.12. The second kappa shape index (κ2) is 7.89. The summed E-state index contributed by atoms with van der Waals surface area (Å²) >= 11 is 6.12. The summed E-state index contributed by atoms with van der Waals surface area (Å²) in [6.45, 7) is 4.66. The number of nitrogens with one attached hydrogen (secondary N) is 1. The standard InChI is InChI=1S/C21H19ClN6O/c1-14-9-15(2)27(26-14)11-16-3-5-17(6-4-16)21(29)25-19-10-18(22)7-8-20(19)28-13-23-12-24-28/h3-10,12-13H,11H2,1-2H3,(H,25,29). The highest BCUT2D eigenvalue weighted by molar-refractivity contribution is 6.31. The van der Waals surface area contributed by atoms with Crippen LogP contribution in [0, 0.1) is 13.8 Å². The topological polar surface area (TPSA) is 77.6 Å². The van der Waals surface area contributed by atoms with Gasteiger partial charge in [-0.25, -0.2) is 9.67 Å². The number of rotatable bonds is 5. The van der Waals surface area contributed by atoms with Gasteiger partial charge >= 0.3 is 0 Å². The number of amides is 1. The summed E-state index contributed by atoms with van der Waals surface area (Å²) in [6, 6.07) is 14.7. The third-order valence-corrected chi connectivity index (χ3v) is 4.76. The first kappa shape index (κ1) is 18.9. The van der Waals surface area contributed by atoms with Crippen molar-refractivity contribution in [3.8, 4) is 5.69 Å². The van der Waals surface area contributed by atoms with Crippen LogP contribution in [0.5, 0.6) is 0 Å². The van der Waals surface area contributed by atoms with E-state index in [1.807, 2.05) is 36.7 Å². The molecule has 7 nitrogen and oxygen atoms in total. The molecule has 2 heterocycles. The number of anilines is 1. The second-order valence-electron chi connectivity index (χ2n) is 6.74. The zero-order valence-corrected chi connectivity index (χ0v) is 16.8. The monoisotopic (exact) mass is 406 g/mol. The summed E-state index contributed by atoms with van der Waals surface area (Å²) in [4.78, 5) is 16.7. The fourth-order valence-electron chi connectivity index (χ4n) is 3.10. The Morgan fingerprint density at radius 2 is 1.90 bits per heavy atom. The fourth-order valence-corrected chi connectivity index (χ4v) is 3.28. The van der Waals surface area contributed by atoms with Gasteiger partial charge in [0, 0.05) is 16.3 Å². The molecular formula is C21H19ClN6O. The van der Waals surface area contributed by atoms with Gasteiger partial charge in [-0.15, -0.1) is 0 Å². The second-order valence-corrected chi connectivity index (χ2v) is 7.17. The maximum absolute atomic E-state index is 12.8. The third-order valence-electron chi connectivity index (χ3n) is 4.52. The molecule has 0 saturated carbocycles. The molecule has 2 aromatic heterocycles. The largest absolute Gasteiger partial charge is 0.320 e. The van der Waals surface area contributed by atoms with E-state index in [0.717, 1.165) is 17.0 Å². The van der Waals surface area contributed by atoms with Gasteiger partial charge in [-0.1, -0.05) is 23.7 Å². The van der Waals surface area contributed by atoms with Crippen molar-refractivity contribution < 1.29 is 4.79 Å². The smallest absolute Gasteiger partial charge is 0.255 e. The molecule has 0 radical (unpaired) electrons. The Morgan fingerprint density at radius 3 is 2.55 bits per heavy atom. The molecule has 0 aliphatic rings. The predicted molar refractivity (Wildman–Crippen MR) is 112 cm³/mol. The lowest BCUT2D eigenvalue weighted by atomic mass is 10.1. The summed E-state index contributed by atoms with van der Waals surface area (Å²) < 4.78 is 3.52. The number of nitrogens with zero attached hydrogens (tertiary/aromatic N) is 5. The van der Waals surface area contributed by atoms with Crippen molar-refractivity contribution in [1.82, 2.24) is 24.5 Å². The van der Waals surface area contributed by atoms with Crippen molar-refractivity contribution >= 4 is 23.2 Å². The first-order chi connectivity index (χ1) is 14.0. The highest BCUT2D eigenvalue weighted by atomic mass is 35.5. The van der Waals surface area contributed by atoms with Gasteiger partial charge in [0.25, 0.3) is 5.91 Å². The fraction of sp³-hybridized carbons (Fsp3) is 0.143. The Morgan fingerprint density at radius 1 is 1.10 bits per heavy atom. The van der Waals surface area contributed by atoms with E-state index in [2.05, 4.69) is 20.5 Å². The number of carbonyl (C=O) groups excluding carboxylic acids is 1. The van der Waals surface area contributed by atoms with E-state index in [0.29, 0.717) is 28.5 Å². The van der Waals surface area contributed by atoms with Gasteiger partial charge in [-0.3, -0.25) is 9.48 Å². The first-order valence-electron chi connectivity index (χ1n) is 9.05. The van der Waals surface area contributed by atoms with Gasteiger partial charge in [0.05, 0.1) is 23.6 Å². The molecule has 0 bridgehead atoms. The molecule has 2 aromatic carbocycles. The molecule has 0 aliphatic heterocycles. The van der Waals surface area contributed by atoms with Gasteiger partial charge in [0.15, 0.2) is 0 Å². The van der Waals surface area contributed by atoms with Crippen LogP contribution < -0.4 is 5.32 Å². The summed E-state index contributed by atoms with van der Waals surface area (Å²) in [5.41, 5.74) is 4.95. The van der Waals surface area contributed by atoms with Gasteiger partial charge < -0.3 is 5.32 Å². The Labute approximate surface area is 173 Å². The van der Waals surface area contributed by atoms with E-state index in [1.165, 1.54) is 6.33 Å². The Hall–Kier alpha value is -3.45. The van der Waals surface area contributed by atoms with E-state index in [-0.39, 0.29) is 5.91 Å². The predicted octanol–water partition coefficient (Wildman–Crippen LogP) is 4.03. The van der Waals surface area contributed by atoms with Crippen molar-refractivity contribution in [2.24, 2.45) is 0 Å². The number of aromatic nitrogens is 5. The minimum absolute atomic E-state index is 0.230. The Kier molecular flexibility index (Phi) is 5.14. The van der Waals surface area contributed by atoms with Gasteiger partial charge in [0.2, 0.25) is 0 Å². The molecule has 4 rings (SSSR count). The number of hydrogen-bond acceptors (Lipinski definition) is 4. The quantitative estimate of drug-likeness (QED) is 0.542. The van der Waals surface area contributed by atoms with Crippen molar-refractivity contribution in [2.75, 3.05) is 5.32 Å². The summed E-state index contributed by atoms with van der Waals surface area (Å²) in [6.07, 6.45) is 2.99. The van der Waals surface area contributed by atoms with Crippen LogP contribution in [0.2, 0.25) is 5.02 Å². The van der Waals surface area contributed by atoms with Gasteiger partial charge in [-0.2, -0.15) is 10.2 Å². The molecule has 0 atom stereocenters. The lowest BCUT2D eigenvalue weighted by molar-refractivity contribution is 0.102. The normalized spacial score (nSPS) is 10.9. The van der Waals surface area contributed by atoms with E-state index >= 15 is 0 Å². The minimum Gasteiger partial charge on any atom is -0.320 e. The molecule has 0 aliphatic carbocycles. The SMILES string of the molecule is Cc1cc(C)n(Cc2ccc(C(=O)Nc3cc(Cl)ccc3-n3cncn3)cc2)n1. The molecule has 4 aromatic rings. The Balaban J connectivity index is 1.52. The van der Waals surface area contributed by atoms with Crippen molar-refractivity contribution in [3.63, 3.8) is 0 Å². The highest BCUT2D eigenvalue weighted by Crippen LogP contribution is 2.24. The number of benzene rings is 2. The molecule has 1 N–H and O–H groups in total.